The van der Waals surface area contributed by atoms with Crippen LogP contribution in [0.25, 0.3) is 0 Å². The van der Waals surface area contributed by atoms with E-state index in [1.807, 2.05) is 6.92 Å². The minimum Gasteiger partial charge on any atom is -0.355 e. The van der Waals surface area contributed by atoms with Gasteiger partial charge in [0, 0.05) is 12.6 Å². The number of carbonyl (C=O) groups excluding carboxylic acids is 1. The second kappa shape index (κ2) is 7.44. The van der Waals surface area contributed by atoms with Gasteiger partial charge in [-0.1, -0.05) is 52.0 Å². The SMILES string of the molecule is CCCNC(=O)CNC(C)c1ccc(C(C)(C)C)cc1. The standard InChI is InChI=1S/C17H28N2O/c1-6-11-18-16(20)12-19-13(2)14-7-9-15(10-8-14)17(3,4)5/h7-10,13,19H,6,11-12H2,1-5H3,(H,18,20). The fraction of sp³-hybridized carbons (Fsp3) is 0.588. The minimum absolute atomic E-state index is 0.0602. The van der Waals surface area contributed by atoms with Crippen molar-refractivity contribution in [3.63, 3.8) is 0 Å². The summed E-state index contributed by atoms with van der Waals surface area (Å²) < 4.78 is 0. The molecule has 0 saturated heterocycles. The Morgan fingerprint density at radius 2 is 1.80 bits per heavy atom. The van der Waals surface area contributed by atoms with Gasteiger partial charge in [0.05, 0.1) is 6.54 Å². The molecule has 0 aromatic heterocycles. The number of carbonyl (C=O) groups is 1. The maximum absolute atomic E-state index is 11.5. The van der Waals surface area contributed by atoms with Crippen LogP contribution >= 0.6 is 0 Å². The van der Waals surface area contributed by atoms with Crippen LogP contribution in [0.3, 0.4) is 0 Å². The highest BCUT2D eigenvalue weighted by Gasteiger charge is 2.14. The van der Waals surface area contributed by atoms with Crippen molar-refractivity contribution in [1.82, 2.24) is 10.6 Å². The summed E-state index contributed by atoms with van der Waals surface area (Å²) in [6.45, 7) is 11.9. The molecule has 1 amide bonds. The number of nitrogens with one attached hydrogen (secondary N) is 2. The number of hydrogen-bond acceptors (Lipinski definition) is 2. The lowest BCUT2D eigenvalue weighted by molar-refractivity contribution is -0.120. The molecule has 0 aliphatic heterocycles. The first-order chi connectivity index (χ1) is 9.34. The van der Waals surface area contributed by atoms with Gasteiger partial charge < -0.3 is 10.6 Å². The molecule has 1 rings (SSSR count). The van der Waals surface area contributed by atoms with E-state index in [4.69, 9.17) is 0 Å². The summed E-state index contributed by atoms with van der Waals surface area (Å²) in [5, 5.41) is 6.12. The topological polar surface area (TPSA) is 41.1 Å². The van der Waals surface area contributed by atoms with Crippen LogP contribution in [-0.4, -0.2) is 19.0 Å². The summed E-state index contributed by atoms with van der Waals surface area (Å²) in [7, 11) is 0. The fourth-order valence-corrected chi connectivity index (χ4v) is 1.96. The van der Waals surface area contributed by atoms with Crippen molar-refractivity contribution in [2.75, 3.05) is 13.1 Å². The molecule has 1 atom stereocenters. The molecule has 0 fully saturated rings. The predicted molar refractivity (Wildman–Crippen MR) is 84.9 cm³/mol. The van der Waals surface area contributed by atoms with Crippen molar-refractivity contribution in [3.05, 3.63) is 35.4 Å². The van der Waals surface area contributed by atoms with Gasteiger partial charge >= 0.3 is 0 Å². The Kier molecular flexibility index (Phi) is 6.21. The maximum atomic E-state index is 11.5. The first-order valence-electron chi connectivity index (χ1n) is 7.45. The van der Waals surface area contributed by atoms with Gasteiger partial charge in [0.15, 0.2) is 0 Å². The van der Waals surface area contributed by atoms with Gasteiger partial charge in [-0.15, -0.1) is 0 Å². The van der Waals surface area contributed by atoms with E-state index in [2.05, 4.69) is 62.6 Å². The Morgan fingerprint density at radius 3 is 2.30 bits per heavy atom. The van der Waals surface area contributed by atoms with Crippen LogP contribution in [0.2, 0.25) is 0 Å². The van der Waals surface area contributed by atoms with E-state index >= 15 is 0 Å². The van der Waals surface area contributed by atoms with Crippen molar-refractivity contribution in [3.8, 4) is 0 Å². The third-order valence-corrected chi connectivity index (χ3v) is 3.42. The average Bonchev–Trinajstić information content (AvgIpc) is 2.41. The zero-order chi connectivity index (χ0) is 15.2. The highest BCUT2D eigenvalue weighted by atomic mass is 16.1. The molecule has 0 radical (unpaired) electrons. The van der Waals surface area contributed by atoms with E-state index in [0.717, 1.165) is 13.0 Å². The lowest BCUT2D eigenvalue weighted by Crippen LogP contribution is -2.35. The Hall–Kier alpha value is -1.35. The molecule has 0 saturated carbocycles. The molecule has 0 heterocycles. The molecule has 3 heteroatoms. The summed E-state index contributed by atoms with van der Waals surface area (Å²) >= 11 is 0. The van der Waals surface area contributed by atoms with E-state index in [-0.39, 0.29) is 17.4 Å². The monoisotopic (exact) mass is 276 g/mol. The molecule has 112 valence electrons. The maximum Gasteiger partial charge on any atom is 0.233 e. The van der Waals surface area contributed by atoms with Crippen LogP contribution in [-0.2, 0) is 10.2 Å². The molecule has 1 unspecified atom stereocenters. The zero-order valence-electron chi connectivity index (χ0n) is 13.4. The van der Waals surface area contributed by atoms with Gasteiger partial charge in [-0.05, 0) is 29.9 Å². The summed E-state index contributed by atoms with van der Waals surface area (Å²) in [5.41, 5.74) is 2.71. The highest BCUT2D eigenvalue weighted by molar-refractivity contribution is 5.77. The Balaban J connectivity index is 2.51. The number of rotatable bonds is 6. The molecule has 0 aliphatic rings. The molecule has 0 spiro atoms. The second-order valence-corrected chi connectivity index (χ2v) is 6.32. The van der Waals surface area contributed by atoms with E-state index in [0.29, 0.717) is 6.54 Å². The third-order valence-electron chi connectivity index (χ3n) is 3.42. The number of benzene rings is 1. The van der Waals surface area contributed by atoms with Gasteiger partial charge in [-0.2, -0.15) is 0 Å². The molecular formula is C17H28N2O. The molecule has 1 aromatic rings. The van der Waals surface area contributed by atoms with Crippen LogP contribution < -0.4 is 10.6 Å². The van der Waals surface area contributed by atoms with Gasteiger partial charge in [-0.25, -0.2) is 0 Å². The Labute approximate surface area is 123 Å². The molecular weight excluding hydrogens is 248 g/mol. The van der Waals surface area contributed by atoms with Crippen molar-refractivity contribution >= 4 is 5.91 Å². The molecule has 2 N–H and O–H groups in total. The van der Waals surface area contributed by atoms with Crippen molar-refractivity contribution in [2.24, 2.45) is 0 Å². The van der Waals surface area contributed by atoms with Gasteiger partial charge in [0.1, 0.15) is 0 Å². The largest absolute Gasteiger partial charge is 0.355 e. The Bertz CT molecular complexity index is 418. The van der Waals surface area contributed by atoms with Crippen LogP contribution in [0.15, 0.2) is 24.3 Å². The second-order valence-electron chi connectivity index (χ2n) is 6.32. The normalized spacial score (nSPS) is 13.1. The van der Waals surface area contributed by atoms with E-state index < -0.39 is 0 Å². The van der Waals surface area contributed by atoms with Crippen molar-refractivity contribution in [1.29, 1.82) is 0 Å². The molecule has 1 aromatic carbocycles. The molecule has 0 bridgehead atoms. The van der Waals surface area contributed by atoms with Crippen LogP contribution in [0.1, 0.15) is 58.2 Å². The van der Waals surface area contributed by atoms with Crippen molar-refractivity contribution < 1.29 is 4.79 Å². The minimum atomic E-state index is 0.0602. The summed E-state index contributed by atoms with van der Waals surface area (Å²) in [4.78, 5) is 11.5. The highest BCUT2D eigenvalue weighted by Crippen LogP contribution is 2.23. The quantitative estimate of drug-likeness (QED) is 0.838. The molecule has 0 aliphatic carbocycles. The Morgan fingerprint density at radius 1 is 1.20 bits per heavy atom. The lowest BCUT2D eigenvalue weighted by Gasteiger charge is -2.20. The molecule has 20 heavy (non-hydrogen) atoms. The fourth-order valence-electron chi connectivity index (χ4n) is 1.96. The van der Waals surface area contributed by atoms with E-state index in [9.17, 15) is 4.79 Å². The number of hydrogen-bond donors (Lipinski definition) is 2. The first-order valence-corrected chi connectivity index (χ1v) is 7.45. The summed E-state index contributed by atoms with van der Waals surface area (Å²) in [5.74, 6) is 0.0602. The average molecular weight is 276 g/mol. The van der Waals surface area contributed by atoms with Crippen LogP contribution in [0.5, 0.6) is 0 Å². The predicted octanol–water partition coefficient (Wildman–Crippen LogP) is 3.16. The van der Waals surface area contributed by atoms with E-state index in [1.54, 1.807) is 0 Å². The van der Waals surface area contributed by atoms with E-state index in [1.165, 1.54) is 11.1 Å². The van der Waals surface area contributed by atoms with Gasteiger partial charge in [0.2, 0.25) is 5.91 Å². The van der Waals surface area contributed by atoms with Crippen molar-refractivity contribution in [2.45, 2.75) is 52.5 Å². The molecule has 3 nitrogen and oxygen atoms in total. The summed E-state index contributed by atoms with van der Waals surface area (Å²) in [6.07, 6.45) is 0.968. The smallest absolute Gasteiger partial charge is 0.233 e. The van der Waals surface area contributed by atoms with Crippen LogP contribution in [0, 0.1) is 0 Å². The van der Waals surface area contributed by atoms with Gasteiger partial charge in [-0.3, -0.25) is 4.79 Å². The summed E-state index contributed by atoms with van der Waals surface area (Å²) in [6, 6.07) is 8.80. The lowest BCUT2D eigenvalue weighted by atomic mass is 9.86. The van der Waals surface area contributed by atoms with Crippen LogP contribution in [0.4, 0.5) is 0 Å². The van der Waals surface area contributed by atoms with Gasteiger partial charge in [0.25, 0.3) is 0 Å². The first kappa shape index (κ1) is 16.7. The zero-order valence-corrected chi connectivity index (χ0v) is 13.4. The third kappa shape index (κ3) is 5.33. The number of amides is 1.